The molecule has 1 rings (SSSR count). The Morgan fingerprint density at radius 1 is 1.53 bits per heavy atom. The van der Waals surface area contributed by atoms with Crippen LogP contribution in [0.2, 0.25) is 0 Å². The van der Waals surface area contributed by atoms with Gasteiger partial charge in [0.1, 0.15) is 0 Å². The quantitative estimate of drug-likeness (QED) is 0.666. The summed E-state index contributed by atoms with van der Waals surface area (Å²) in [4.78, 5) is 0. The van der Waals surface area contributed by atoms with Crippen LogP contribution in [0.3, 0.4) is 0 Å². The predicted octanol–water partition coefficient (Wildman–Crippen LogP) is 3.09. The smallest absolute Gasteiger partial charge is 0.0786 e. The molecule has 0 saturated carbocycles. The van der Waals surface area contributed by atoms with Crippen molar-refractivity contribution in [2.24, 2.45) is 0 Å². The highest BCUT2D eigenvalue weighted by molar-refractivity contribution is 5.16. The van der Waals surface area contributed by atoms with Crippen LogP contribution in [0.5, 0.6) is 0 Å². The molecular weight excluding hydrogens is 188 g/mol. The number of ether oxygens (including phenoxy) is 2. The van der Waals surface area contributed by atoms with Crippen molar-refractivity contribution in [3.63, 3.8) is 0 Å². The number of hydrogen-bond donors (Lipinski definition) is 0. The fraction of sp³-hybridized carbons (Fsp3) is 0.692. The predicted molar refractivity (Wildman–Crippen MR) is 63.0 cm³/mol. The van der Waals surface area contributed by atoms with Gasteiger partial charge in [-0.25, -0.2) is 0 Å². The van der Waals surface area contributed by atoms with Crippen LogP contribution in [0.15, 0.2) is 23.8 Å². The Morgan fingerprint density at radius 3 is 2.87 bits per heavy atom. The van der Waals surface area contributed by atoms with Gasteiger partial charge < -0.3 is 9.47 Å². The summed E-state index contributed by atoms with van der Waals surface area (Å²) in [7, 11) is 1.78. The van der Waals surface area contributed by atoms with Gasteiger partial charge in [-0.1, -0.05) is 23.8 Å². The molecule has 2 nitrogen and oxygen atoms in total. The normalized spacial score (nSPS) is 33.6. The Labute approximate surface area is 93.0 Å². The standard InChI is InChI=1S/C13H22O2/c1-5-11(2)6-7-12-10-13(3,14-4)8-9-15-12/h5-7,12H,8-10H2,1-4H3/b7-6+,11-5+. The molecule has 1 aliphatic rings. The number of rotatable bonds is 3. The van der Waals surface area contributed by atoms with Gasteiger partial charge in [-0.3, -0.25) is 0 Å². The van der Waals surface area contributed by atoms with Gasteiger partial charge in [0, 0.05) is 13.5 Å². The average molecular weight is 210 g/mol. The van der Waals surface area contributed by atoms with Crippen LogP contribution >= 0.6 is 0 Å². The van der Waals surface area contributed by atoms with Crippen molar-refractivity contribution < 1.29 is 9.47 Å². The number of methoxy groups -OCH3 is 1. The lowest BCUT2D eigenvalue weighted by atomic mass is 9.92. The molecule has 2 unspecified atom stereocenters. The highest BCUT2D eigenvalue weighted by Crippen LogP contribution is 2.28. The van der Waals surface area contributed by atoms with Crippen LogP contribution in [0, 0.1) is 0 Å². The molecule has 0 spiro atoms. The Bertz CT molecular complexity index is 255. The van der Waals surface area contributed by atoms with Crippen LogP contribution in [0.25, 0.3) is 0 Å². The second-order valence-corrected chi connectivity index (χ2v) is 4.41. The van der Waals surface area contributed by atoms with E-state index in [9.17, 15) is 0 Å². The third-order valence-corrected chi connectivity index (χ3v) is 3.12. The molecule has 0 radical (unpaired) electrons. The van der Waals surface area contributed by atoms with E-state index in [1.165, 1.54) is 5.57 Å². The molecule has 0 N–H and O–H groups in total. The fourth-order valence-corrected chi connectivity index (χ4v) is 1.68. The van der Waals surface area contributed by atoms with Crippen molar-refractivity contribution in [1.29, 1.82) is 0 Å². The van der Waals surface area contributed by atoms with Crippen LogP contribution in [0.1, 0.15) is 33.6 Å². The van der Waals surface area contributed by atoms with Gasteiger partial charge in [0.15, 0.2) is 0 Å². The Morgan fingerprint density at radius 2 is 2.27 bits per heavy atom. The molecule has 0 aromatic carbocycles. The van der Waals surface area contributed by atoms with Gasteiger partial charge in [0.05, 0.1) is 18.3 Å². The van der Waals surface area contributed by atoms with E-state index in [1.807, 2.05) is 6.92 Å². The Kier molecular flexibility index (Phi) is 4.55. The van der Waals surface area contributed by atoms with Crippen molar-refractivity contribution in [3.8, 4) is 0 Å². The summed E-state index contributed by atoms with van der Waals surface area (Å²) in [6.07, 6.45) is 8.46. The maximum atomic E-state index is 5.68. The molecule has 86 valence electrons. The van der Waals surface area contributed by atoms with E-state index in [1.54, 1.807) is 7.11 Å². The summed E-state index contributed by atoms with van der Waals surface area (Å²) in [6.45, 7) is 7.07. The molecule has 0 aliphatic carbocycles. The second-order valence-electron chi connectivity index (χ2n) is 4.41. The van der Waals surface area contributed by atoms with Crippen molar-refractivity contribution >= 4 is 0 Å². The first-order valence-corrected chi connectivity index (χ1v) is 5.57. The molecule has 2 atom stereocenters. The molecule has 15 heavy (non-hydrogen) atoms. The van der Waals surface area contributed by atoms with Crippen LogP contribution in [-0.2, 0) is 9.47 Å². The first-order chi connectivity index (χ1) is 7.09. The molecule has 1 heterocycles. The summed E-state index contributed by atoms with van der Waals surface area (Å²) in [6, 6.07) is 0. The Balaban J connectivity index is 2.54. The zero-order chi connectivity index (χ0) is 11.3. The summed E-state index contributed by atoms with van der Waals surface area (Å²) in [5.41, 5.74) is 1.25. The topological polar surface area (TPSA) is 18.5 Å². The minimum Gasteiger partial charge on any atom is -0.378 e. The van der Waals surface area contributed by atoms with Crippen molar-refractivity contribution in [2.75, 3.05) is 13.7 Å². The highest BCUT2D eigenvalue weighted by atomic mass is 16.5. The summed E-state index contributed by atoms with van der Waals surface area (Å²) in [5.74, 6) is 0. The maximum Gasteiger partial charge on any atom is 0.0786 e. The number of hydrogen-bond acceptors (Lipinski definition) is 2. The van der Waals surface area contributed by atoms with Gasteiger partial charge in [-0.05, 0) is 27.2 Å². The van der Waals surface area contributed by atoms with Crippen molar-refractivity contribution in [1.82, 2.24) is 0 Å². The summed E-state index contributed by atoms with van der Waals surface area (Å²) >= 11 is 0. The molecule has 2 heteroatoms. The maximum absolute atomic E-state index is 5.68. The van der Waals surface area contributed by atoms with Gasteiger partial charge >= 0.3 is 0 Å². The van der Waals surface area contributed by atoms with Crippen molar-refractivity contribution in [3.05, 3.63) is 23.8 Å². The van der Waals surface area contributed by atoms with Gasteiger partial charge in [-0.2, -0.15) is 0 Å². The van der Waals surface area contributed by atoms with Gasteiger partial charge in [-0.15, -0.1) is 0 Å². The van der Waals surface area contributed by atoms with E-state index < -0.39 is 0 Å². The van der Waals surface area contributed by atoms with Crippen molar-refractivity contribution in [2.45, 2.75) is 45.3 Å². The molecule has 0 aromatic rings. The van der Waals surface area contributed by atoms with Crippen LogP contribution < -0.4 is 0 Å². The molecule has 1 aliphatic heterocycles. The largest absolute Gasteiger partial charge is 0.378 e. The minimum atomic E-state index is -0.0168. The van der Waals surface area contributed by atoms with Gasteiger partial charge in [0.25, 0.3) is 0 Å². The molecule has 1 saturated heterocycles. The van der Waals surface area contributed by atoms with E-state index in [0.29, 0.717) is 0 Å². The zero-order valence-corrected chi connectivity index (χ0v) is 10.2. The summed E-state index contributed by atoms with van der Waals surface area (Å²) < 4.78 is 11.2. The van der Waals surface area contributed by atoms with E-state index in [-0.39, 0.29) is 11.7 Å². The third-order valence-electron chi connectivity index (χ3n) is 3.12. The molecule has 0 aromatic heterocycles. The lowest BCUT2D eigenvalue weighted by Crippen LogP contribution is -2.39. The average Bonchev–Trinajstić information content (AvgIpc) is 2.26. The second kappa shape index (κ2) is 5.47. The zero-order valence-electron chi connectivity index (χ0n) is 10.2. The van der Waals surface area contributed by atoms with Crippen LogP contribution in [-0.4, -0.2) is 25.4 Å². The van der Waals surface area contributed by atoms with E-state index >= 15 is 0 Å². The highest BCUT2D eigenvalue weighted by Gasteiger charge is 2.31. The van der Waals surface area contributed by atoms with E-state index in [2.05, 4.69) is 32.1 Å². The molecule has 1 fully saturated rings. The van der Waals surface area contributed by atoms with E-state index in [4.69, 9.17) is 9.47 Å². The molecular formula is C13H22O2. The Hall–Kier alpha value is -0.600. The SMILES string of the molecule is C/C=C(C)/C=C/C1CC(C)(OC)CCO1. The monoisotopic (exact) mass is 210 g/mol. The summed E-state index contributed by atoms with van der Waals surface area (Å²) in [5, 5.41) is 0. The molecule has 0 bridgehead atoms. The molecule has 0 amide bonds. The van der Waals surface area contributed by atoms with Gasteiger partial charge in [0.2, 0.25) is 0 Å². The fourth-order valence-electron chi connectivity index (χ4n) is 1.68. The first-order valence-electron chi connectivity index (χ1n) is 5.57. The van der Waals surface area contributed by atoms with Crippen LogP contribution in [0.4, 0.5) is 0 Å². The number of allylic oxidation sites excluding steroid dienone is 3. The third kappa shape index (κ3) is 3.80. The minimum absolute atomic E-state index is 0.0168. The lowest BCUT2D eigenvalue weighted by molar-refractivity contribution is -0.0986. The van der Waals surface area contributed by atoms with E-state index in [0.717, 1.165) is 19.4 Å². The lowest BCUT2D eigenvalue weighted by Gasteiger charge is -2.36. The first kappa shape index (κ1) is 12.5.